The van der Waals surface area contributed by atoms with E-state index in [-0.39, 0.29) is 17.8 Å². The van der Waals surface area contributed by atoms with E-state index in [1.807, 2.05) is 0 Å². The number of carbonyl (C=O) groups excluding carboxylic acids is 2. The smallest absolute Gasteiger partial charge is 0.307 e. The standard InChI is InChI=1S/C28H27NO7/c1-2-3-4-15-35-21-13-9-19(10-14-21)26(32)24-25(22-6-5-16-36-22)29(28(34)27(24)33)20-11-7-18(8-12-20)17-23(30)31/h5-14,16,25,32H,2-4,15,17H2,1H3,(H,30,31)/b26-24-. The summed E-state index contributed by atoms with van der Waals surface area (Å²) in [5, 5.41) is 20.2. The molecule has 0 radical (unpaired) electrons. The fourth-order valence-corrected chi connectivity index (χ4v) is 4.17. The summed E-state index contributed by atoms with van der Waals surface area (Å²) in [5.74, 6) is -2.01. The van der Waals surface area contributed by atoms with Crippen molar-refractivity contribution >= 4 is 29.1 Å². The molecule has 1 fully saturated rings. The summed E-state index contributed by atoms with van der Waals surface area (Å²) < 4.78 is 11.3. The van der Waals surface area contributed by atoms with Crippen LogP contribution in [-0.4, -0.2) is 34.5 Å². The second-order valence-corrected chi connectivity index (χ2v) is 8.50. The van der Waals surface area contributed by atoms with Crippen molar-refractivity contribution in [2.24, 2.45) is 0 Å². The highest BCUT2D eigenvalue weighted by Gasteiger charge is 2.48. The lowest BCUT2D eigenvalue weighted by Crippen LogP contribution is -2.29. The van der Waals surface area contributed by atoms with Crippen molar-refractivity contribution < 1.29 is 33.8 Å². The van der Waals surface area contributed by atoms with Crippen molar-refractivity contribution in [3.05, 3.63) is 89.4 Å². The predicted molar refractivity (Wildman–Crippen MR) is 133 cm³/mol. The molecule has 2 heterocycles. The molecule has 0 aliphatic carbocycles. The Morgan fingerprint density at radius 1 is 1.00 bits per heavy atom. The quantitative estimate of drug-likeness (QED) is 0.176. The summed E-state index contributed by atoms with van der Waals surface area (Å²) in [6.45, 7) is 2.71. The fraction of sp³-hybridized carbons (Fsp3) is 0.250. The minimum Gasteiger partial charge on any atom is -0.507 e. The van der Waals surface area contributed by atoms with Crippen molar-refractivity contribution in [3.8, 4) is 5.75 Å². The molecule has 2 aromatic carbocycles. The number of aliphatic carboxylic acids is 1. The minimum atomic E-state index is -0.990. The molecule has 186 valence electrons. The number of anilines is 1. The lowest BCUT2D eigenvalue weighted by Gasteiger charge is -2.23. The van der Waals surface area contributed by atoms with Gasteiger partial charge in [-0.15, -0.1) is 0 Å². The van der Waals surface area contributed by atoms with E-state index in [2.05, 4.69) is 6.92 Å². The number of rotatable bonds is 10. The third-order valence-corrected chi connectivity index (χ3v) is 5.97. The number of hydrogen-bond donors (Lipinski definition) is 2. The third kappa shape index (κ3) is 5.17. The summed E-state index contributed by atoms with van der Waals surface area (Å²) in [6, 6.07) is 15.3. The number of aliphatic hydroxyl groups is 1. The van der Waals surface area contributed by atoms with E-state index in [1.54, 1.807) is 60.7 Å². The normalized spacial score (nSPS) is 16.9. The van der Waals surface area contributed by atoms with Crippen molar-refractivity contribution in [3.63, 3.8) is 0 Å². The van der Waals surface area contributed by atoms with Gasteiger partial charge in [-0.25, -0.2) is 0 Å². The summed E-state index contributed by atoms with van der Waals surface area (Å²) in [6.07, 6.45) is 4.38. The molecule has 0 bridgehead atoms. The van der Waals surface area contributed by atoms with Gasteiger partial charge in [0.1, 0.15) is 23.3 Å². The Morgan fingerprint density at radius 2 is 1.72 bits per heavy atom. The van der Waals surface area contributed by atoms with E-state index >= 15 is 0 Å². The highest BCUT2D eigenvalue weighted by atomic mass is 16.5. The third-order valence-electron chi connectivity index (χ3n) is 5.97. The van der Waals surface area contributed by atoms with Gasteiger partial charge in [-0.2, -0.15) is 0 Å². The van der Waals surface area contributed by atoms with Gasteiger partial charge in [-0.1, -0.05) is 31.9 Å². The van der Waals surface area contributed by atoms with E-state index in [4.69, 9.17) is 14.3 Å². The zero-order valence-electron chi connectivity index (χ0n) is 19.8. The number of amides is 1. The maximum Gasteiger partial charge on any atom is 0.307 e. The van der Waals surface area contributed by atoms with E-state index in [9.17, 15) is 19.5 Å². The lowest BCUT2D eigenvalue weighted by molar-refractivity contribution is -0.136. The van der Waals surface area contributed by atoms with Gasteiger partial charge < -0.3 is 19.4 Å². The lowest BCUT2D eigenvalue weighted by atomic mass is 9.99. The Morgan fingerprint density at radius 3 is 2.33 bits per heavy atom. The first-order valence-electron chi connectivity index (χ1n) is 11.8. The zero-order chi connectivity index (χ0) is 25.7. The maximum atomic E-state index is 13.1. The van der Waals surface area contributed by atoms with Crippen LogP contribution in [0, 0.1) is 0 Å². The number of carboxylic acid groups (broad SMARTS) is 1. The Bertz CT molecular complexity index is 1260. The van der Waals surface area contributed by atoms with Crippen molar-refractivity contribution in [1.29, 1.82) is 0 Å². The molecule has 1 atom stereocenters. The number of carboxylic acids is 1. The number of hydrogen-bond acceptors (Lipinski definition) is 6. The second kappa shape index (κ2) is 10.9. The molecular formula is C28H27NO7. The highest BCUT2D eigenvalue weighted by Crippen LogP contribution is 2.42. The number of nitrogens with zero attached hydrogens (tertiary/aromatic N) is 1. The molecule has 0 saturated carbocycles. The highest BCUT2D eigenvalue weighted by molar-refractivity contribution is 6.51. The number of ketones is 1. The van der Waals surface area contributed by atoms with Gasteiger partial charge in [0, 0.05) is 11.3 Å². The molecule has 1 saturated heterocycles. The number of Topliss-reactive ketones (excluding diaryl/α,β-unsaturated/α-hetero) is 1. The molecule has 4 rings (SSSR count). The van der Waals surface area contributed by atoms with Crippen molar-refractivity contribution in [2.75, 3.05) is 11.5 Å². The second-order valence-electron chi connectivity index (χ2n) is 8.50. The Hall–Kier alpha value is -4.33. The monoisotopic (exact) mass is 489 g/mol. The van der Waals surface area contributed by atoms with Crippen LogP contribution >= 0.6 is 0 Å². The number of unbranched alkanes of at least 4 members (excludes halogenated alkanes) is 2. The van der Waals surface area contributed by atoms with Crippen LogP contribution in [-0.2, 0) is 20.8 Å². The van der Waals surface area contributed by atoms with Crippen molar-refractivity contribution in [2.45, 2.75) is 38.6 Å². The average Bonchev–Trinajstić information content (AvgIpc) is 3.49. The Balaban J connectivity index is 1.68. The number of ether oxygens (including phenoxy) is 1. The first-order valence-corrected chi connectivity index (χ1v) is 11.8. The van der Waals surface area contributed by atoms with E-state index in [1.165, 1.54) is 11.2 Å². The van der Waals surface area contributed by atoms with Gasteiger partial charge >= 0.3 is 5.97 Å². The van der Waals surface area contributed by atoms with Crippen LogP contribution in [0.5, 0.6) is 5.75 Å². The van der Waals surface area contributed by atoms with Crippen molar-refractivity contribution in [1.82, 2.24) is 0 Å². The van der Waals surface area contributed by atoms with Crippen LogP contribution in [0.2, 0.25) is 0 Å². The van der Waals surface area contributed by atoms with E-state index in [0.717, 1.165) is 19.3 Å². The molecule has 2 N–H and O–H groups in total. The molecule has 36 heavy (non-hydrogen) atoms. The van der Waals surface area contributed by atoms with Gasteiger partial charge in [-0.3, -0.25) is 19.3 Å². The minimum absolute atomic E-state index is 0.0961. The molecule has 0 spiro atoms. The average molecular weight is 490 g/mol. The van der Waals surface area contributed by atoms with Crippen LogP contribution in [0.15, 0.2) is 76.9 Å². The SMILES string of the molecule is CCCCCOc1ccc(/C(O)=C2/C(=O)C(=O)N(c3ccc(CC(=O)O)cc3)C2c2ccco2)cc1. The topological polar surface area (TPSA) is 117 Å². The van der Waals surface area contributed by atoms with Gasteiger partial charge in [0.05, 0.1) is 24.9 Å². The molecule has 1 unspecified atom stereocenters. The van der Waals surface area contributed by atoms with Crippen LogP contribution in [0.25, 0.3) is 5.76 Å². The summed E-state index contributed by atoms with van der Waals surface area (Å²) in [5.41, 5.74) is 1.19. The summed E-state index contributed by atoms with van der Waals surface area (Å²) in [7, 11) is 0. The molecular weight excluding hydrogens is 462 g/mol. The van der Waals surface area contributed by atoms with Gasteiger partial charge in [0.2, 0.25) is 0 Å². The molecule has 1 aliphatic heterocycles. The van der Waals surface area contributed by atoms with Gasteiger partial charge in [0.15, 0.2) is 0 Å². The number of carbonyl (C=O) groups is 3. The van der Waals surface area contributed by atoms with Crippen LogP contribution < -0.4 is 9.64 Å². The summed E-state index contributed by atoms with van der Waals surface area (Å²) >= 11 is 0. The van der Waals surface area contributed by atoms with Crippen LogP contribution in [0.3, 0.4) is 0 Å². The first-order chi connectivity index (χ1) is 17.4. The number of benzene rings is 2. The zero-order valence-corrected chi connectivity index (χ0v) is 19.8. The first kappa shape index (κ1) is 24.8. The number of aliphatic hydroxyl groups excluding tert-OH is 1. The van der Waals surface area contributed by atoms with Crippen LogP contribution in [0.1, 0.15) is 49.1 Å². The maximum absolute atomic E-state index is 13.1. The van der Waals surface area contributed by atoms with Crippen LogP contribution in [0.4, 0.5) is 5.69 Å². The Labute approximate surface area is 208 Å². The largest absolute Gasteiger partial charge is 0.507 e. The molecule has 1 aromatic heterocycles. The fourth-order valence-electron chi connectivity index (χ4n) is 4.17. The predicted octanol–water partition coefficient (Wildman–Crippen LogP) is 5.10. The van der Waals surface area contributed by atoms with E-state index < -0.39 is 23.7 Å². The van der Waals surface area contributed by atoms with Gasteiger partial charge in [0.25, 0.3) is 11.7 Å². The number of furan rings is 1. The molecule has 3 aromatic rings. The molecule has 1 aliphatic rings. The molecule has 8 heteroatoms. The van der Waals surface area contributed by atoms with E-state index in [0.29, 0.717) is 34.9 Å². The Kier molecular flexibility index (Phi) is 7.53. The molecule has 1 amide bonds. The summed E-state index contributed by atoms with van der Waals surface area (Å²) in [4.78, 5) is 38.5. The van der Waals surface area contributed by atoms with Gasteiger partial charge in [-0.05, 0) is 60.5 Å². The molecule has 8 nitrogen and oxygen atoms in total.